The number of hydrogen-bond donors (Lipinski definition) is 1. The molecular weight excluding hydrogens is 399 g/mol. The van der Waals surface area contributed by atoms with Gasteiger partial charge in [-0.25, -0.2) is 14.8 Å². The molecule has 152 valence electrons. The van der Waals surface area contributed by atoms with Crippen molar-refractivity contribution in [1.29, 1.82) is 0 Å². The zero-order valence-corrected chi connectivity index (χ0v) is 16.0. The Morgan fingerprint density at radius 2 is 1.81 bits per heavy atom. The van der Waals surface area contributed by atoms with Gasteiger partial charge in [-0.1, -0.05) is 30.3 Å². The van der Waals surface area contributed by atoms with Gasteiger partial charge >= 0.3 is 0 Å². The molecule has 0 bridgehead atoms. The third kappa shape index (κ3) is 4.43. The molecule has 0 radical (unpaired) electrons. The molecule has 0 saturated carbocycles. The Morgan fingerprint density at radius 3 is 2.58 bits per heavy atom. The quantitative estimate of drug-likeness (QED) is 0.290. The Morgan fingerprint density at radius 1 is 1.03 bits per heavy atom. The van der Waals surface area contributed by atoms with Crippen LogP contribution in [-0.2, 0) is 0 Å². The maximum Gasteiger partial charge on any atom is 0.272 e. The van der Waals surface area contributed by atoms with Gasteiger partial charge in [0.05, 0.1) is 27.9 Å². The number of aromatic nitrogens is 1. The first kappa shape index (κ1) is 19.8. The summed E-state index contributed by atoms with van der Waals surface area (Å²) in [6, 6.07) is 20.5. The molecule has 4 aromatic rings. The Bertz CT molecular complexity index is 1320. The first-order valence-corrected chi connectivity index (χ1v) is 9.25. The molecule has 31 heavy (non-hydrogen) atoms. The Balaban J connectivity index is 1.65. The van der Waals surface area contributed by atoms with E-state index in [1.54, 1.807) is 42.5 Å². The standard InChI is InChI=1S/C23H15FN4O3/c24-17-10-8-16(9-11-17)22-13-20(19-6-1-2-7-21(19)26-22)23(29)27-25-14-15-4-3-5-18(12-15)28(30)31/h1-14H,(H,27,29)/b25-14+. The number of hydrazone groups is 1. The summed E-state index contributed by atoms with van der Waals surface area (Å²) < 4.78 is 13.3. The molecule has 1 aromatic heterocycles. The number of amides is 1. The van der Waals surface area contributed by atoms with Crippen LogP contribution >= 0.6 is 0 Å². The van der Waals surface area contributed by atoms with Crippen LogP contribution in [0.1, 0.15) is 15.9 Å². The molecule has 0 aliphatic carbocycles. The predicted octanol–water partition coefficient (Wildman–Crippen LogP) is 4.71. The number of halogens is 1. The summed E-state index contributed by atoms with van der Waals surface area (Å²) in [5, 5.41) is 15.4. The Labute approximate surface area is 176 Å². The van der Waals surface area contributed by atoms with E-state index in [0.717, 1.165) is 0 Å². The van der Waals surface area contributed by atoms with E-state index >= 15 is 0 Å². The van der Waals surface area contributed by atoms with Crippen LogP contribution in [0.5, 0.6) is 0 Å². The molecule has 0 saturated heterocycles. The van der Waals surface area contributed by atoms with Gasteiger partial charge in [0.2, 0.25) is 0 Å². The number of fused-ring (bicyclic) bond motifs is 1. The van der Waals surface area contributed by atoms with Crippen LogP contribution in [0.3, 0.4) is 0 Å². The van der Waals surface area contributed by atoms with E-state index in [1.807, 2.05) is 6.07 Å². The first-order valence-electron chi connectivity index (χ1n) is 9.25. The van der Waals surface area contributed by atoms with Gasteiger partial charge in [-0.3, -0.25) is 14.9 Å². The summed E-state index contributed by atoms with van der Waals surface area (Å²) in [5.41, 5.74) is 5.00. The highest BCUT2D eigenvalue weighted by Crippen LogP contribution is 2.25. The van der Waals surface area contributed by atoms with Crippen LogP contribution in [0.4, 0.5) is 10.1 Å². The van der Waals surface area contributed by atoms with Gasteiger partial charge < -0.3 is 0 Å². The van der Waals surface area contributed by atoms with Crippen molar-refractivity contribution in [2.24, 2.45) is 5.10 Å². The topological polar surface area (TPSA) is 97.5 Å². The number of carbonyl (C=O) groups excluding carboxylic acids is 1. The minimum Gasteiger partial charge on any atom is -0.267 e. The van der Waals surface area contributed by atoms with E-state index in [-0.39, 0.29) is 11.5 Å². The van der Waals surface area contributed by atoms with Crippen molar-refractivity contribution in [3.63, 3.8) is 0 Å². The van der Waals surface area contributed by atoms with Crippen molar-refractivity contribution in [3.05, 3.63) is 106 Å². The van der Waals surface area contributed by atoms with Gasteiger partial charge in [0, 0.05) is 28.6 Å². The maximum absolute atomic E-state index is 13.3. The highest BCUT2D eigenvalue weighted by Gasteiger charge is 2.14. The monoisotopic (exact) mass is 414 g/mol. The largest absolute Gasteiger partial charge is 0.272 e. The lowest BCUT2D eigenvalue weighted by molar-refractivity contribution is -0.384. The minimum absolute atomic E-state index is 0.0701. The zero-order chi connectivity index (χ0) is 21.8. The van der Waals surface area contributed by atoms with Crippen LogP contribution in [0, 0.1) is 15.9 Å². The van der Waals surface area contributed by atoms with E-state index in [4.69, 9.17) is 0 Å². The first-order chi connectivity index (χ1) is 15.0. The fourth-order valence-electron chi connectivity index (χ4n) is 3.08. The Hall–Kier alpha value is -4.46. The Kier molecular flexibility index (Phi) is 5.44. The van der Waals surface area contributed by atoms with Crippen LogP contribution in [0.25, 0.3) is 22.2 Å². The normalized spacial score (nSPS) is 11.0. The summed E-state index contributed by atoms with van der Waals surface area (Å²) in [6.07, 6.45) is 1.33. The smallest absolute Gasteiger partial charge is 0.267 e. The minimum atomic E-state index is -0.504. The van der Waals surface area contributed by atoms with Gasteiger partial charge in [0.25, 0.3) is 11.6 Å². The molecule has 0 fully saturated rings. The maximum atomic E-state index is 13.3. The third-order valence-electron chi connectivity index (χ3n) is 4.56. The highest BCUT2D eigenvalue weighted by atomic mass is 19.1. The number of nitro groups is 1. The lowest BCUT2D eigenvalue weighted by Gasteiger charge is -2.09. The van der Waals surface area contributed by atoms with E-state index in [2.05, 4.69) is 15.5 Å². The number of nitrogens with zero attached hydrogens (tertiary/aromatic N) is 3. The van der Waals surface area contributed by atoms with Crippen molar-refractivity contribution >= 4 is 28.7 Å². The summed E-state index contributed by atoms with van der Waals surface area (Å²) in [6.45, 7) is 0. The summed E-state index contributed by atoms with van der Waals surface area (Å²) in [5.74, 6) is -0.832. The molecule has 7 nitrogen and oxygen atoms in total. The number of benzene rings is 3. The summed E-state index contributed by atoms with van der Waals surface area (Å²) >= 11 is 0. The molecule has 0 unspecified atom stereocenters. The molecule has 1 heterocycles. The van der Waals surface area contributed by atoms with Crippen LogP contribution < -0.4 is 5.43 Å². The van der Waals surface area contributed by atoms with Gasteiger partial charge in [0.1, 0.15) is 5.82 Å². The number of para-hydroxylation sites is 1. The second-order valence-corrected chi connectivity index (χ2v) is 6.63. The number of pyridine rings is 1. The van der Waals surface area contributed by atoms with Crippen molar-refractivity contribution in [2.75, 3.05) is 0 Å². The highest BCUT2D eigenvalue weighted by molar-refractivity contribution is 6.07. The van der Waals surface area contributed by atoms with Crippen molar-refractivity contribution in [3.8, 4) is 11.3 Å². The molecule has 0 spiro atoms. The molecule has 4 rings (SSSR count). The lowest BCUT2D eigenvalue weighted by Crippen LogP contribution is -2.18. The summed E-state index contributed by atoms with van der Waals surface area (Å²) in [7, 11) is 0. The predicted molar refractivity (Wildman–Crippen MR) is 115 cm³/mol. The number of nitrogens with one attached hydrogen (secondary N) is 1. The lowest BCUT2D eigenvalue weighted by atomic mass is 10.0. The zero-order valence-electron chi connectivity index (χ0n) is 16.0. The van der Waals surface area contributed by atoms with E-state index < -0.39 is 10.8 Å². The van der Waals surface area contributed by atoms with Crippen LogP contribution in [0.15, 0.2) is 84.0 Å². The fourth-order valence-corrected chi connectivity index (χ4v) is 3.08. The number of hydrogen-bond acceptors (Lipinski definition) is 5. The van der Waals surface area contributed by atoms with E-state index in [9.17, 15) is 19.3 Å². The molecule has 1 amide bonds. The molecule has 8 heteroatoms. The second kappa shape index (κ2) is 8.50. The van der Waals surface area contributed by atoms with Gasteiger partial charge in [-0.05, 0) is 36.4 Å². The van der Waals surface area contributed by atoms with E-state index in [1.165, 1.54) is 36.5 Å². The fraction of sp³-hybridized carbons (Fsp3) is 0. The second-order valence-electron chi connectivity index (χ2n) is 6.63. The van der Waals surface area contributed by atoms with Crippen molar-refractivity contribution in [1.82, 2.24) is 10.4 Å². The van der Waals surface area contributed by atoms with E-state index in [0.29, 0.717) is 33.3 Å². The molecule has 1 N–H and O–H groups in total. The number of rotatable bonds is 5. The number of carbonyl (C=O) groups is 1. The average molecular weight is 414 g/mol. The summed E-state index contributed by atoms with van der Waals surface area (Å²) in [4.78, 5) is 27.8. The van der Waals surface area contributed by atoms with Gasteiger partial charge in [-0.2, -0.15) is 5.10 Å². The van der Waals surface area contributed by atoms with Gasteiger partial charge in [-0.15, -0.1) is 0 Å². The van der Waals surface area contributed by atoms with Gasteiger partial charge in [0.15, 0.2) is 0 Å². The number of non-ortho nitro benzene ring substituents is 1. The molecule has 3 aromatic carbocycles. The molecule has 0 atom stereocenters. The van der Waals surface area contributed by atoms with Crippen LogP contribution in [0.2, 0.25) is 0 Å². The molecule has 0 aliphatic heterocycles. The molecular formula is C23H15FN4O3. The van der Waals surface area contributed by atoms with Crippen molar-refractivity contribution in [2.45, 2.75) is 0 Å². The average Bonchev–Trinajstić information content (AvgIpc) is 2.79. The van der Waals surface area contributed by atoms with Crippen LogP contribution in [-0.4, -0.2) is 22.0 Å². The van der Waals surface area contributed by atoms with Crippen molar-refractivity contribution < 1.29 is 14.1 Å². The SMILES string of the molecule is O=C(N/N=C/c1cccc([N+](=O)[O-])c1)c1cc(-c2ccc(F)cc2)nc2ccccc12. The molecule has 0 aliphatic rings. The third-order valence-corrected chi connectivity index (χ3v) is 4.56. The number of nitro benzene ring substituents is 1.